The van der Waals surface area contributed by atoms with Crippen LogP contribution >= 0.6 is 0 Å². The molecule has 0 fully saturated rings. The van der Waals surface area contributed by atoms with Crippen molar-refractivity contribution in [1.29, 1.82) is 0 Å². The molecule has 6 heteroatoms. The van der Waals surface area contributed by atoms with Crippen LogP contribution in [0.2, 0.25) is 0 Å². The largest absolute Gasteiger partial charge is 0.482 e. The van der Waals surface area contributed by atoms with Crippen LogP contribution in [0.1, 0.15) is 36.6 Å². The maximum atomic E-state index is 11.6. The third-order valence-corrected chi connectivity index (χ3v) is 5.17. The van der Waals surface area contributed by atoms with Crippen LogP contribution in [0, 0.1) is 10.1 Å². The lowest BCUT2D eigenvalue weighted by Gasteiger charge is -2.29. The molecule has 0 aliphatic carbocycles. The summed E-state index contributed by atoms with van der Waals surface area (Å²) in [5.41, 5.74) is 2.43. The normalized spacial score (nSPS) is 12.2. The van der Waals surface area contributed by atoms with Crippen molar-refractivity contribution < 1.29 is 14.8 Å². The molecule has 0 aliphatic rings. The molecule has 3 aromatic rings. The Bertz CT molecular complexity index is 977. The van der Waals surface area contributed by atoms with Gasteiger partial charge in [0.1, 0.15) is 6.61 Å². The number of aliphatic hydroxyl groups excluding tert-OH is 1. The summed E-state index contributed by atoms with van der Waals surface area (Å²) in [7, 11) is 0. The van der Waals surface area contributed by atoms with E-state index in [0.29, 0.717) is 18.7 Å². The van der Waals surface area contributed by atoms with E-state index in [9.17, 15) is 15.2 Å². The summed E-state index contributed by atoms with van der Waals surface area (Å²) in [5, 5.41) is 22.4. The number of nitro benzene ring substituents is 1. The zero-order valence-electron chi connectivity index (χ0n) is 17.8. The molecular formula is C25H28N2O4. The molecule has 0 heterocycles. The van der Waals surface area contributed by atoms with Crippen molar-refractivity contribution in [2.75, 3.05) is 6.54 Å². The first-order valence-electron chi connectivity index (χ1n) is 10.3. The van der Waals surface area contributed by atoms with Gasteiger partial charge in [-0.2, -0.15) is 0 Å². The van der Waals surface area contributed by atoms with Crippen LogP contribution in [0.15, 0.2) is 78.9 Å². The van der Waals surface area contributed by atoms with Crippen LogP contribution in [0.4, 0.5) is 5.69 Å². The molecule has 6 nitrogen and oxygen atoms in total. The Labute approximate surface area is 182 Å². The minimum Gasteiger partial charge on any atom is -0.482 e. The van der Waals surface area contributed by atoms with Crippen molar-refractivity contribution in [2.24, 2.45) is 0 Å². The van der Waals surface area contributed by atoms with Crippen molar-refractivity contribution >= 4 is 5.69 Å². The quantitative estimate of drug-likeness (QED) is 0.364. The third kappa shape index (κ3) is 6.38. The van der Waals surface area contributed by atoms with Crippen molar-refractivity contribution in [3.63, 3.8) is 0 Å². The average molecular weight is 421 g/mol. The molecule has 1 atom stereocenters. The molecule has 1 N–H and O–H groups in total. The highest BCUT2D eigenvalue weighted by atomic mass is 16.6. The number of hydrogen-bond donors (Lipinski definition) is 1. The van der Waals surface area contributed by atoms with Crippen molar-refractivity contribution in [2.45, 2.75) is 39.1 Å². The Morgan fingerprint density at radius 1 is 0.968 bits per heavy atom. The summed E-state index contributed by atoms with van der Waals surface area (Å²) in [6.45, 7) is 5.43. The number of benzene rings is 3. The molecule has 0 radical (unpaired) electrons. The van der Waals surface area contributed by atoms with Gasteiger partial charge in [0.15, 0.2) is 5.75 Å². The lowest BCUT2D eigenvalue weighted by atomic mass is 10.1. The highest BCUT2D eigenvalue weighted by Gasteiger charge is 2.22. The third-order valence-electron chi connectivity index (χ3n) is 5.17. The van der Waals surface area contributed by atoms with Crippen molar-refractivity contribution in [3.05, 3.63) is 106 Å². The maximum Gasteiger partial charge on any atom is 0.311 e. The standard InChI is InChI=1S/C25H28N2O4/c1-19(2)26(16-20-9-5-3-6-10-20)17-24(28)22-13-14-25(23(15-22)27(29)30)31-18-21-11-7-4-8-12-21/h3-15,19,24,28H,16-18H2,1-2H3. The first-order valence-corrected chi connectivity index (χ1v) is 10.3. The van der Waals surface area contributed by atoms with Gasteiger partial charge in [0.2, 0.25) is 0 Å². The summed E-state index contributed by atoms with van der Waals surface area (Å²) >= 11 is 0. The highest BCUT2D eigenvalue weighted by Crippen LogP contribution is 2.31. The topological polar surface area (TPSA) is 75.8 Å². The van der Waals surface area contributed by atoms with Gasteiger partial charge in [0, 0.05) is 25.2 Å². The smallest absolute Gasteiger partial charge is 0.311 e. The Hall–Kier alpha value is -3.22. The Morgan fingerprint density at radius 3 is 2.16 bits per heavy atom. The number of nitrogens with zero attached hydrogens (tertiary/aromatic N) is 2. The summed E-state index contributed by atoms with van der Waals surface area (Å²) in [6.07, 6.45) is -0.854. The maximum absolute atomic E-state index is 11.6. The molecule has 0 amide bonds. The fourth-order valence-electron chi connectivity index (χ4n) is 3.35. The van der Waals surface area contributed by atoms with Gasteiger partial charge in [-0.3, -0.25) is 15.0 Å². The number of rotatable bonds is 10. The number of aliphatic hydroxyl groups is 1. The van der Waals surface area contributed by atoms with E-state index in [1.165, 1.54) is 6.07 Å². The van der Waals surface area contributed by atoms with Gasteiger partial charge < -0.3 is 9.84 Å². The van der Waals surface area contributed by atoms with E-state index in [-0.39, 0.29) is 24.1 Å². The van der Waals surface area contributed by atoms with Gasteiger partial charge in [-0.25, -0.2) is 0 Å². The minimum atomic E-state index is -0.854. The highest BCUT2D eigenvalue weighted by molar-refractivity contribution is 5.49. The Kier molecular flexibility index (Phi) is 7.76. The second-order valence-corrected chi connectivity index (χ2v) is 7.78. The van der Waals surface area contributed by atoms with E-state index in [2.05, 4.69) is 18.7 Å². The summed E-state index contributed by atoms with van der Waals surface area (Å²) in [6, 6.07) is 24.4. The van der Waals surface area contributed by atoms with Crippen LogP contribution in [0.5, 0.6) is 5.75 Å². The van der Waals surface area contributed by atoms with Gasteiger partial charge >= 0.3 is 5.69 Å². The lowest BCUT2D eigenvalue weighted by Crippen LogP contribution is -2.34. The second kappa shape index (κ2) is 10.7. The van der Waals surface area contributed by atoms with Gasteiger partial charge in [0.05, 0.1) is 11.0 Å². The predicted molar refractivity (Wildman–Crippen MR) is 121 cm³/mol. The minimum absolute atomic E-state index is 0.147. The average Bonchev–Trinajstić information content (AvgIpc) is 2.78. The molecule has 31 heavy (non-hydrogen) atoms. The van der Waals surface area contributed by atoms with Crippen molar-refractivity contribution in [3.8, 4) is 5.75 Å². The monoisotopic (exact) mass is 420 g/mol. The van der Waals surface area contributed by atoms with Crippen LogP contribution < -0.4 is 4.74 Å². The molecule has 0 aliphatic heterocycles. The summed E-state index contributed by atoms with van der Waals surface area (Å²) in [5.74, 6) is 0.190. The summed E-state index contributed by atoms with van der Waals surface area (Å²) in [4.78, 5) is 13.3. The molecule has 0 saturated heterocycles. The lowest BCUT2D eigenvalue weighted by molar-refractivity contribution is -0.386. The van der Waals surface area contributed by atoms with Crippen LogP contribution in [0.3, 0.4) is 0 Å². The van der Waals surface area contributed by atoms with E-state index >= 15 is 0 Å². The van der Waals surface area contributed by atoms with Crippen LogP contribution in [0.25, 0.3) is 0 Å². The summed E-state index contributed by atoms with van der Waals surface area (Å²) < 4.78 is 5.68. The molecule has 0 bridgehead atoms. The molecule has 162 valence electrons. The van der Waals surface area contributed by atoms with Gasteiger partial charge in [-0.1, -0.05) is 66.7 Å². The van der Waals surface area contributed by atoms with Crippen LogP contribution in [-0.2, 0) is 13.2 Å². The second-order valence-electron chi connectivity index (χ2n) is 7.78. The molecule has 1 unspecified atom stereocenters. The Morgan fingerprint density at radius 2 is 1.58 bits per heavy atom. The number of ether oxygens (including phenoxy) is 1. The fraction of sp³-hybridized carbons (Fsp3) is 0.280. The fourth-order valence-corrected chi connectivity index (χ4v) is 3.35. The predicted octanol–water partition coefficient (Wildman–Crippen LogP) is 5.12. The van der Waals surface area contributed by atoms with Gasteiger partial charge in [-0.05, 0) is 36.6 Å². The SMILES string of the molecule is CC(C)N(Cc1ccccc1)CC(O)c1ccc(OCc2ccccc2)c([N+](=O)[O-])c1. The molecule has 0 aromatic heterocycles. The van der Waals surface area contributed by atoms with Crippen LogP contribution in [-0.4, -0.2) is 27.5 Å². The number of hydrogen-bond acceptors (Lipinski definition) is 5. The first-order chi connectivity index (χ1) is 14.9. The van der Waals surface area contributed by atoms with E-state index in [1.54, 1.807) is 12.1 Å². The van der Waals surface area contributed by atoms with E-state index in [0.717, 1.165) is 11.1 Å². The molecule has 0 spiro atoms. The van der Waals surface area contributed by atoms with E-state index < -0.39 is 11.0 Å². The zero-order valence-corrected chi connectivity index (χ0v) is 17.8. The molecule has 3 rings (SSSR count). The number of nitro groups is 1. The van der Waals surface area contributed by atoms with Gasteiger partial charge in [-0.15, -0.1) is 0 Å². The Balaban J connectivity index is 1.73. The zero-order chi connectivity index (χ0) is 22.2. The van der Waals surface area contributed by atoms with Gasteiger partial charge in [0.25, 0.3) is 0 Å². The first kappa shape index (κ1) is 22.5. The molecule has 0 saturated carbocycles. The molecular weight excluding hydrogens is 392 g/mol. The van der Waals surface area contributed by atoms with E-state index in [1.807, 2.05) is 60.7 Å². The molecule has 3 aromatic carbocycles. The van der Waals surface area contributed by atoms with E-state index in [4.69, 9.17) is 4.74 Å². The van der Waals surface area contributed by atoms with Crippen molar-refractivity contribution in [1.82, 2.24) is 4.90 Å².